The van der Waals surface area contributed by atoms with Crippen LogP contribution in [0.3, 0.4) is 0 Å². The zero-order chi connectivity index (χ0) is 18.0. The van der Waals surface area contributed by atoms with Gasteiger partial charge in [0.15, 0.2) is 12.4 Å². The van der Waals surface area contributed by atoms with Crippen molar-refractivity contribution in [3.8, 4) is 22.8 Å². The predicted octanol–water partition coefficient (Wildman–Crippen LogP) is 3.59. The van der Waals surface area contributed by atoms with Gasteiger partial charge in [0, 0.05) is 10.6 Å². The van der Waals surface area contributed by atoms with Gasteiger partial charge in [-0.3, -0.25) is 4.79 Å². The Kier molecular flexibility index (Phi) is 4.63. The lowest BCUT2D eigenvalue weighted by Gasteiger charge is -2.11. The van der Waals surface area contributed by atoms with E-state index >= 15 is 0 Å². The van der Waals surface area contributed by atoms with Gasteiger partial charge in [-0.1, -0.05) is 11.6 Å². The third-order valence-electron chi connectivity index (χ3n) is 3.50. The average Bonchev–Trinajstić information content (AvgIpc) is 2.61. The van der Waals surface area contributed by atoms with Crippen molar-refractivity contribution in [2.45, 2.75) is 0 Å². The van der Waals surface area contributed by atoms with Crippen molar-refractivity contribution in [2.75, 3.05) is 13.7 Å². The largest absolute Gasteiger partial charge is 0.497 e. The van der Waals surface area contributed by atoms with Gasteiger partial charge in [0.05, 0.1) is 12.5 Å². The van der Waals surface area contributed by atoms with E-state index in [0.29, 0.717) is 21.9 Å². The molecule has 0 radical (unpaired) electrons. The van der Waals surface area contributed by atoms with Crippen LogP contribution in [0.15, 0.2) is 51.7 Å². The maximum absolute atomic E-state index is 12.7. The number of fused-ring (bicyclic) bond motifs is 1. The van der Waals surface area contributed by atoms with Crippen LogP contribution in [-0.4, -0.2) is 24.8 Å². The second-order valence-electron chi connectivity index (χ2n) is 5.14. The van der Waals surface area contributed by atoms with E-state index in [2.05, 4.69) is 0 Å². The molecule has 0 aliphatic rings. The highest BCUT2D eigenvalue weighted by Gasteiger charge is 2.19. The molecule has 128 valence electrons. The Labute approximate surface area is 147 Å². The molecule has 1 heterocycles. The molecule has 0 saturated heterocycles. The summed E-state index contributed by atoms with van der Waals surface area (Å²) in [6.07, 6.45) is 0. The van der Waals surface area contributed by atoms with E-state index in [1.54, 1.807) is 36.4 Å². The van der Waals surface area contributed by atoms with Crippen LogP contribution in [0.5, 0.6) is 11.5 Å². The Morgan fingerprint density at radius 2 is 1.92 bits per heavy atom. The number of hydrogen-bond donors (Lipinski definition) is 1. The molecule has 25 heavy (non-hydrogen) atoms. The number of rotatable bonds is 5. The zero-order valence-electron chi connectivity index (χ0n) is 13.1. The Morgan fingerprint density at radius 1 is 1.20 bits per heavy atom. The molecule has 0 atom stereocenters. The molecule has 1 N–H and O–H groups in total. The highest BCUT2D eigenvalue weighted by molar-refractivity contribution is 6.31. The first-order valence-corrected chi connectivity index (χ1v) is 7.63. The number of hydrogen-bond acceptors (Lipinski definition) is 5. The van der Waals surface area contributed by atoms with Crippen molar-refractivity contribution in [1.29, 1.82) is 0 Å². The van der Waals surface area contributed by atoms with Crippen LogP contribution in [0, 0.1) is 0 Å². The Bertz CT molecular complexity index is 991. The first kappa shape index (κ1) is 16.9. The fraction of sp³-hybridized carbons (Fsp3) is 0.111. The van der Waals surface area contributed by atoms with E-state index in [1.165, 1.54) is 13.2 Å². The summed E-state index contributed by atoms with van der Waals surface area (Å²) in [6.45, 7) is -0.667. The van der Waals surface area contributed by atoms with Crippen LogP contribution < -0.4 is 14.9 Å². The Hall–Kier alpha value is -2.99. The topological polar surface area (TPSA) is 86.0 Å². The lowest BCUT2D eigenvalue weighted by atomic mass is 10.1. The first-order valence-electron chi connectivity index (χ1n) is 7.25. The number of carboxylic acids is 1. The molecule has 0 fully saturated rings. The fourth-order valence-corrected chi connectivity index (χ4v) is 2.52. The van der Waals surface area contributed by atoms with E-state index < -0.39 is 18.0 Å². The second-order valence-corrected chi connectivity index (χ2v) is 5.58. The summed E-state index contributed by atoms with van der Waals surface area (Å²) in [5.74, 6) is -0.607. The number of carboxylic acid groups (broad SMARTS) is 1. The van der Waals surface area contributed by atoms with Crippen molar-refractivity contribution >= 4 is 28.5 Å². The predicted molar refractivity (Wildman–Crippen MR) is 92.6 cm³/mol. The van der Waals surface area contributed by atoms with E-state index in [0.717, 1.165) is 0 Å². The van der Waals surface area contributed by atoms with Crippen molar-refractivity contribution in [3.05, 3.63) is 57.7 Å². The van der Waals surface area contributed by atoms with Gasteiger partial charge in [-0.15, -0.1) is 0 Å². The van der Waals surface area contributed by atoms with Crippen LogP contribution in [-0.2, 0) is 4.79 Å². The molecule has 6 nitrogen and oxygen atoms in total. The molecule has 3 rings (SSSR count). The minimum atomic E-state index is -1.20. The molecule has 0 spiro atoms. The Morgan fingerprint density at radius 3 is 2.56 bits per heavy atom. The lowest BCUT2D eigenvalue weighted by molar-refractivity contribution is -0.139. The highest BCUT2D eigenvalue weighted by atomic mass is 35.5. The maximum Gasteiger partial charge on any atom is 0.341 e. The Balaban J connectivity index is 2.23. The summed E-state index contributed by atoms with van der Waals surface area (Å²) >= 11 is 5.93. The SMILES string of the molecule is COc1ccc(-c2oc3ccc(Cl)cc3c(=O)c2OCC(=O)O)cc1. The van der Waals surface area contributed by atoms with Gasteiger partial charge in [0.1, 0.15) is 11.3 Å². The zero-order valence-corrected chi connectivity index (χ0v) is 13.9. The van der Waals surface area contributed by atoms with Gasteiger partial charge in [-0.25, -0.2) is 4.79 Å². The molecule has 0 aliphatic carbocycles. The highest BCUT2D eigenvalue weighted by Crippen LogP contribution is 2.32. The number of ether oxygens (including phenoxy) is 2. The standard InChI is InChI=1S/C18H13ClO6/c1-23-12-5-2-10(3-6-12)17-18(24-9-15(20)21)16(22)13-8-11(19)4-7-14(13)25-17/h2-8H,9H2,1H3,(H,20,21). The van der Waals surface area contributed by atoms with Gasteiger partial charge >= 0.3 is 5.97 Å². The number of benzene rings is 2. The van der Waals surface area contributed by atoms with Crippen LogP contribution in [0.4, 0.5) is 0 Å². The van der Waals surface area contributed by atoms with Gasteiger partial charge < -0.3 is 19.0 Å². The van der Waals surface area contributed by atoms with Crippen molar-refractivity contribution in [1.82, 2.24) is 0 Å². The molecule has 0 bridgehead atoms. The third-order valence-corrected chi connectivity index (χ3v) is 3.74. The quantitative estimate of drug-likeness (QED) is 0.748. The molecule has 7 heteroatoms. The van der Waals surface area contributed by atoms with Crippen LogP contribution in [0.1, 0.15) is 0 Å². The molecule has 1 aromatic heterocycles. The molecule has 2 aromatic carbocycles. The van der Waals surface area contributed by atoms with Crippen molar-refractivity contribution in [2.24, 2.45) is 0 Å². The van der Waals surface area contributed by atoms with Gasteiger partial charge in [-0.2, -0.15) is 0 Å². The average molecular weight is 361 g/mol. The van der Waals surface area contributed by atoms with Gasteiger partial charge in [-0.05, 0) is 42.5 Å². The molecular weight excluding hydrogens is 348 g/mol. The summed E-state index contributed by atoms with van der Waals surface area (Å²) in [7, 11) is 1.54. The van der Waals surface area contributed by atoms with E-state index in [4.69, 9.17) is 30.6 Å². The smallest absolute Gasteiger partial charge is 0.341 e. The van der Waals surface area contributed by atoms with Crippen LogP contribution >= 0.6 is 11.6 Å². The van der Waals surface area contributed by atoms with E-state index in [-0.39, 0.29) is 16.9 Å². The van der Waals surface area contributed by atoms with E-state index in [9.17, 15) is 9.59 Å². The number of carbonyl (C=O) groups is 1. The molecular formula is C18H13ClO6. The summed E-state index contributed by atoms with van der Waals surface area (Å²) in [5, 5.41) is 9.43. The monoisotopic (exact) mass is 360 g/mol. The third kappa shape index (κ3) is 3.44. The molecule has 0 unspecified atom stereocenters. The second kappa shape index (κ2) is 6.86. The molecule has 3 aromatic rings. The first-order chi connectivity index (χ1) is 12.0. The van der Waals surface area contributed by atoms with Gasteiger partial charge in [0.25, 0.3) is 0 Å². The summed E-state index contributed by atoms with van der Waals surface area (Å²) in [6, 6.07) is 11.4. The summed E-state index contributed by atoms with van der Waals surface area (Å²) in [5.41, 5.74) is 0.383. The number of aliphatic carboxylic acids is 1. The normalized spacial score (nSPS) is 10.6. The molecule has 0 aliphatic heterocycles. The minimum absolute atomic E-state index is 0.142. The van der Waals surface area contributed by atoms with Crippen LogP contribution in [0.2, 0.25) is 5.02 Å². The lowest BCUT2D eigenvalue weighted by Crippen LogP contribution is -2.16. The maximum atomic E-state index is 12.7. The van der Waals surface area contributed by atoms with Crippen molar-refractivity contribution < 1.29 is 23.8 Å². The number of halogens is 1. The molecule has 0 saturated carbocycles. The minimum Gasteiger partial charge on any atom is -0.497 e. The van der Waals surface area contributed by atoms with Crippen LogP contribution in [0.25, 0.3) is 22.3 Å². The number of methoxy groups -OCH3 is 1. The molecule has 0 amide bonds. The fourth-order valence-electron chi connectivity index (χ4n) is 2.35. The summed E-state index contributed by atoms with van der Waals surface area (Å²) in [4.78, 5) is 23.6. The van der Waals surface area contributed by atoms with E-state index in [1.807, 2.05) is 0 Å². The van der Waals surface area contributed by atoms with Crippen molar-refractivity contribution in [3.63, 3.8) is 0 Å². The summed E-state index contributed by atoms with van der Waals surface area (Å²) < 4.78 is 16.1. The van der Waals surface area contributed by atoms with Gasteiger partial charge in [0.2, 0.25) is 11.2 Å².